The van der Waals surface area contributed by atoms with E-state index in [1.165, 1.54) is 11.1 Å². The molecule has 0 bridgehead atoms. The molecule has 0 aliphatic carbocycles. The Morgan fingerprint density at radius 2 is 1.09 bits per heavy atom. The zero-order valence-electron chi connectivity index (χ0n) is 19.2. The number of phenols is 1. The van der Waals surface area contributed by atoms with E-state index in [9.17, 15) is 5.11 Å². The van der Waals surface area contributed by atoms with E-state index in [2.05, 4.69) is 70.7 Å². The van der Waals surface area contributed by atoms with Crippen molar-refractivity contribution in [3.8, 4) is 39.9 Å². The Morgan fingerprint density at radius 3 is 1.53 bits per heavy atom. The maximum absolute atomic E-state index is 10.0. The van der Waals surface area contributed by atoms with Crippen molar-refractivity contribution in [1.29, 1.82) is 0 Å². The first-order chi connectivity index (χ1) is 15.2. The zero-order chi connectivity index (χ0) is 23.0. The highest BCUT2D eigenvalue weighted by atomic mass is 16.3. The van der Waals surface area contributed by atoms with E-state index in [0.29, 0.717) is 17.5 Å². The summed E-state index contributed by atoms with van der Waals surface area (Å²) in [6.07, 6.45) is 0. The minimum absolute atomic E-state index is 0.185. The van der Waals surface area contributed by atoms with Crippen molar-refractivity contribution in [2.75, 3.05) is 0 Å². The van der Waals surface area contributed by atoms with Gasteiger partial charge in [0.2, 0.25) is 0 Å². The molecule has 0 radical (unpaired) electrons. The van der Waals surface area contributed by atoms with Gasteiger partial charge >= 0.3 is 0 Å². The summed E-state index contributed by atoms with van der Waals surface area (Å²) in [5.74, 6) is 2.00. The van der Waals surface area contributed by atoms with Crippen LogP contribution in [0.25, 0.3) is 39.7 Å². The molecular formula is C28H27N3O. The first-order valence-corrected chi connectivity index (χ1v) is 10.6. The topological polar surface area (TPSA) is 58.9 Å². The number of hydrogen-bond acceptors (Lipinski definition) is 4. The zero-order valence-corrected chi connectivity index (χ0v) is 19.2. The lowest BCUT2D eigenvalue weighted by Gasteiger charge is -2.14. The van der Waals surface area contributed by atoms with E-state index < -0.39 is 0 Å². The summed E-state index contributed by atoms with van der Waals surface area (Å²) < 4.78 is 0. The molecule has 0 atom stereocenters. The van der Waals surface area contributed by atoms with E-state index in [-0.39, 0.29) is 5.75 Å². The number of phenolic OH excluding ortho intramolecular Hbond substituents is 1. The lowest BCUT2D eigenvalue weighted by Crippen LogP contribution is -2.03. The van der Waals surface area contributed by atoms with Crippen molar-refractivity contribution in [3.05, 3.63) is 89.0 Å². The maximum Gasteiger partial charge on any atom is 0.164 e. The van der Waals surface area contributed by atoms with E-state index in [0.717, 1.165) is 39.0 Å². The summed E-state index contributed by atoms with van der Waals surface area (Å²) in [7, 11) is 0. The Bertz CT molecular complexity index is 1290. The van der Waals surface area contributed by atoms with Crippen molar-refractivity contribution in [2.24, 2.45) is 0 Å². The molecule has 4 heteroatoms. The van der Waals surface area contributed by atoms with Crippen LogP contribution in [0.4, 0.5) is 0 Å². The molecule has 4 aromatic rings. The van der Waals surface area contributed by atoms with Gasteiger partial charge in [-0.05, 0) is 69.5 Å². The third-order valence-corrected chi connectivity index (χ3v) is 5.58. The molecule has 1 heterocycles. The van der Waals surface area contributed by atoms with Crippen molar-refractivity contribution in [1.82, 2.24) is 15.0 Å². The van der Waals surface area contributed by atoms with Crippen LogP contribution in [0.3, 0.4) is 0 Å². The first kappa shape index (κ1) is 21.4. The number of aromatic hydroxyl groups is 1. The van der Waals surface area contributed by atoms with E-state index in [1.54, 1.807) is 12.1 Å². The highest BCUT2D eigenvalue weighted by molar-refractivity contribution is 5.79. The number of allylic oxidation sites excluding steroid dienone is 1. The number of aryl methyl sites for hydroxylation is 4. The average molecular weight is 422 g/mol. The van der Waals surface area contributed by atoms with Crippen LogP contribution >= 0.6 is 0 Å². The molecule has 1 aromatic heterocycles. The molecule has 0 saturated carbocycles. The summed E-state index contributed by atoms with van der Waals surface area (Å²) >= 11 is 0. The summed E-state index contributed by atoms with van der Waals surface area (Å²) in [5, 5.41) is 10.0. The Balaban J connectivity index is 2.02. The highest BCUT2D eigenvalue weighted by Gasteiger charge is 2.17. The molecule has 0 aliphatic heterocycles. The van der Waals surface area contributed by atoms with Crippen molar-refractivity contribution in [3.63, 3.8) is 0 Å². The van der Waals surface area contributed by atoms with Crippen LogP contribution in [0.1, 0.15) is 34.7 Å². The number of benzene rings is 3. The number of rotatable bonds is 4. The predicted molar refractivity (Wildman–Crippen MR) is 131 cm³/mol. The van der Waals surface area contributed by atoms with Gasteiger partial charge in [0, 0.05) is 16.7 Å². The minimum Gasteiger partial charge on any atom is -0.508 e. The summed E-state index contributed by atoms with van der Waals surface area (Å²) in [4.78, 5) is 14.6. The molecule has 4 rings (SSSR count). The van der Waals surface area contributed by atoms with Crippen LogP contribution in [0.15, 0.2) is 61.2 Å². The lowest BCUT2D eigenvalue weighted by molar-refractivity contribution is 0.475. The molecule has 0 unspecified atom stereocenters. The molecule has 4 nitrogen and oxygen atoms in total. The Morgan fingerprint density at radius 1 is 0.656 bits per heavy atom. The molecule has 160 valence electrons. The molecule has 0 spiro atoms. The van der Waals surface area contributed by atoms with Crippen LogP contribution < -0.4 is 0 Å². The van der Waals surface area contributed by atoms with Crippen molar-refractivity contribution < 1.29 is 5.11 Å². The van der Waals surface area contributed by atoms with Gasteiger partial charge in [0.1, 0.15) is 5.75 Å². The van der Waals surface area contributed by atoms with E-state index in [1.807, 2.05) is 13.0 Å². The molecule has 1 N–H and O–H groups in total. The second-order valence-corrected chi connectivity index (χ2v) is 8.45. The highest BCUT2D eigenvalue weighted by Crippen LogP contribution is 2.33. The quantitative estimate of drug-likeness (QED) is 0.392. The Hall–Kier alpha value is -3.79. The van der Waals surface area contributed by atoms with Crippen molar-refractivity contribution >= 4 is 5.57 Å². The smallest absolute Gasteiger partial charge is 0.164 e. The van der Waals surface area contributed by atoms with Gasteiger partial charge in [-0.25, -0.2) is 15.0 Å². The fourth-order valence-corrected chi connectivity index (χ4v) is 3.95. The monoisotopic (exact) mass is 421 g/mol. The van der Waals surface area contributed by atoms with Crippen LogP contribution in [0, 0.1) is 27.7 Å². The van der Waals surface area contributed by atoms with E-state index >= 15 is 0 Å². The fourth-order valence-electron chi connectivity index (χ4n) is 3.95. The van der Waals surface area contributed by atoms with Crippen LogP contribution in [0.5, 0.6) is 5.75 Å². The third kappa shape index (κ3) is 4.17. The number of hydrogen-bond donors (Lipinski definition) is 1. The average Bonchev–Trinajstić information content (AvgIpc) is 2.73. The van der Waals surface area contributed by atoms with E-state index in [4.69, 9.17) is 15.0 Å². The maximum atomic E-state index is 10.0. The minimum atomic E-state index is 0.185. The van der Waals surface area contributed by atoms with Crippen LogP contribution in [-0.2, 0) is 0 Å². The summed E-state index contributed by atoms with van der Waals surface area (Å²) in [5.41, 5.74) is 9.01. The van der Waals surface area contributed by atoms with Gasteiger partial charge in [0.05, 0.1) is 0 Å². The van der Waals surface area contributed by atoms with Crippen LogP contribution in [-0.4, -0.2) is 20.1 Å². The standard InChI is InChI=1S/C28H27N3O/c1-16(2)25-15-21(32)9-12-24(25)28-30-26(22-10-7-17(3)13-19(22)5)29-27(31-28)23-11-8-18(4)14-20(23)6/h7-15,32H,1H2,2-6H3. The normalized spacial score (nSPS) is 10.9. The van der Waals surface area contributed by atoms with Gasteiger partial charge in [0.25, 0.3) is 0 Å². The van der Waals surface area contributed by atoms with Crippen LogP contribution in [0.2, 0.25) is 0 Å². The molecule has 3 aromatic carbocycles. The lowest BCUT2D eigenvalue weighted by atomic mass is 10.00. The molecule has 32 heavy (non-hydrogen) atoms. The molecule has 0 saturated heterocycles. The summed E-state index contributed by atoms with van der Waals surface area (Å²) in [6, 6.07) is 17.7. The Kier molecular flexibility index (Phi) is 5.62. The van der Waals surface area contributed by atoms with Gasteiger partial charge < -0.3 is 5.11 Å². The van der Waals surface area contributed by atoms with Gasteiger partial charge in [-0.1, -0.05) is 59.7 Å². The van der Waals surface area contributed by atoms with Gasteiger partial charge in [-0.15, -0.1) is 0 Å². The third-order valence-electron chi connectivity index (χ3n) is 5.58. The second-order valence-electron chi connectivity index (χ2n) is 8.45. The fraction of sp³-hybridized carbons (Fsp3) is 0.179. The molecular weight excluding hydrogens is 394 g/mol. The summed E-state index contributed by atoms with van der Waals surface area (Å²) in [6.45, 7) is 14.3. The molecule has 0 amide bonds. The van der Waals surface area contributed by atoms with Gasteiger partial charge in [-0.3, -0.25) is 0 Å². The van der Waals surface area contributed by atoms with Gasteiger partial charge in [0.15, 0.2) is 17.5 Å². The predicted octanol–water partition coefficient (Wildman–Crippen LogP) is 6.84. The molecule has 0 fully saturated rings. The number of aromatic nitrogens is 3. The number of nitrogens with zero attached hydrogens (tertiary/aromatic N) is 3. The first-order valence-electron chi connectivity index (χ1n) is 10.6. The largest absolute Gasteiger partial charge is 0.508 e. The Labute approximate surface area is 189 Å². The van der Waals surface area contributed by atoms with Crippen molar-refractivity contribution in [2.45, 2.75) is 34.6 Å². The van der Waals surface area contributed by atoms with Gasteiger partial charge in [-0.2, -0.15) is 0 Å². The second kappa shape index (κ2) is 8.39. The molecule has 0 aliphatic rings. The SMILES string of the molecule is C=C(C)c1cc(O)ccc1-c1nc(-c2ccc(C)cc2C)nc(-c2ccc(C)cc2C)n1.